The van der Waals surface area contributed by atoms with E-state index in [2.05, 4.69) is 33.7 Å². The molecule has 0 spiro atoms. The van der Waals surface area contributed by atoms with Crippen LogP contribution in [-0.4, -0.2) is 60.7 Å². The molecule has 0 aromatic carbocycles. The van der Waals surface area contributed by atoms with Gasteiger partial charge in [-0.15, -0.1) is 0 Å². The second-order valence-corrected chi connectivity index (χ2v) is 4.95. The predicted octanol–water partition coefficient (Wildman–Crippen LogP) is 0.712. The van der Waals surface area contributed by atoms with Crippen molar-refractivity contribution in [3.8, 4) is 0 Å². The Kier molecular flexibility index (Phi) is 3.99. The van der Waals surface area contributed by atoms with E-state index < -0.39 is 0 Å². The second-order valence-electron chi connectivity index (χ2n) is 4.95. The second kappa shape index (κ2) is 5.52. The van der Waals surface area contributed by atoms with E-state index in [9.17, 15) is 4.79 Å². The van der Waals surface area contributed by atoms with Crippen LogP contribution in [0.1, 0.15) is 23.1 Å². The maximum Gasteiger partial charge on any atom is 0.343 e. The Morgan fingerprint density at radius 2 is 2.21 bits per heavy atom. The van der Waals surface area contributed by atoms with Crippen molar-refractivity contribution >= 4 is 11.8 Å². The Labute approximate surface area is 113 Å². The molecule has 0 saturated carbocycles. The van der Waals surface area contributed by atoms with Gasteiger partial charge in [0.1, 0.15) is 17.2 Å². The first-order chi connectivity index (χ1) is 9.02. The number of hydrogen-bond donors (Lipinski definition) is 0. The van der Waals surface area contributed by atoms with E-state index in [1.54, 1.807) is 6.20 Å². The van der Waals surface area contributed by atoms with Crippen molar-refractivity contribution < 1.29 is 9.53 Å². The van der Waals surface area contributed by atoms with E-state index in [0.717, 1.165) is 19.6 Å². The Morgan fingerprint density at radius 1 is 1.47 bits per heavy atom. The molecule has 1 aliphatic rings. The van der Waals surface area contributed by atoms with E-state index in [1.165, 1.54) is 7.11 Å². The van der Waals surface area contributed by atoms with Crippen LogP contribution in [-0.2, 0) is 4.74 Å². The van der Waals surface area contributed by atoms with E-state index in [0.29, 0.717) is 23.2 Å². The fourth-order valence-electron chi connectivity index (χ4n) is 2.39. The molecule has 1 aliphatic heterocycles. The van der Waals surface area contributed by atoms with E-state index in [-0.39, 0.29) is 5.97 Å². The van der Waals surface area contributed by atoms with Crippen LogP contribution in [0, 0.1) is 6.92 Å². The zero-order chi connectivity index (χ0) is 14.0. The summed E-state index contributed by atoms with van der Waals surface area (Å²) < 4.78 is 4.81. The number of esters is 1. The average molecular weight is 264 g/mol. The standard InChI is InChI=1S/C13H20N4O2/c1-9-8-16(3)5-6-17(9)12-11(13(18)19-4)7-14-10(2)15-12/h7,9H,5-6,8H2,1-4H3. The number of anilines is 1. The van der Waals surface area contributed by atoms with Gasteiger partial charge in [0.05, 0.1) is 7.11 Å². The SMILES string of the molecule is COC(=O)c1cnc(C)nc1N1CCN(C)CC1C. The monoisotopic (exact) mass is 264 g/mol. The molecule has 1 fully saturated rings. The van der Waals surface area contributed by atoms with Gasteiger partial charge in [0, 0.05) is 31.9 Å². The minimum absolute atomic E-state index is 0.302. The van der Waals surface area contributed by atoms with Gasteiger partial charge in [-0.25, -0.2) is 14.8 Å². The maximum absolute atomic E-state index is 11.8. The summed E-state index contributed by atoms with van der Waals surface area (Å²) in [5.41, 5.74) is 0.435. The molecule has 2 heterocycles. The smallest absolute Gasteiger partial charge is 0.343 e. The minimum Gasteiger partial charge on any atom is -0.465 e. The molecule has 0 bridgehead atoms. The molecule has 0 amide bonds. The molecule has 1 aromatic heterocycles. The highest BCUT2D eigenvalue weighted by molar-refractivity contribution is 5.94. The number of carbonyl (C=O) groups is 1. The van der Waals surface area contributed by atoms with Crippen LogP contribution in [0.15, 0.2) is 6.20 Å². The molecule has 0 radical (unpaired) electrons. The van der Waals surface area contributed by atoms with E-state index >= 15 is 0 Å². The third-order valence-corrected chi connectivity index (χ3v) is 3.40. The number of likely N-dealkylation sites (N-methyl/N-ethyl adjacent to an activating group) is 1. The van der Waals surface area contributed by atoms with Crippen LogP contribution >= 0.6 is 0 Å². The van der Waals surface area contributed by atoms with Crippen molar-refractivity contribution in [2.24, 2.45) is 0 Å². The molecule has 104 valence electrons. The van der Waals surface area contributed by atoms with Crippen LogP contribution in [0.25, 0.3) is 0 Å². The van der Waals surface area contributed by atoms with Crippen LogP contribution in [0.4, 0.5) is 5.82 Å². The van der Waals surface area contributed by atoms with Crippen LogP contribution < -0.4 is 4.90 Å². The first-order valence-electron chi connectivity index (χ1n) is 6.40. The molecule has 1 aromatic rings. The molecule has 6 heteroatoms. The number of nitrogens with zero attached hydrogens (tertiary/aromatic N) is 4. The summed E-state index contributed by atoms with van der Waals surface area (Å²) in [5.74, 6) is 0.954. The molecule has 0 N–H and O–H groups in total. The van der Waals surface area contributed by atoms with Gasteiger partial charge in [0.15, 0.2) is 0 Å². The Balaban J connectivity index is 2.37. The molecule has 1 unspecified atom stereocenters. The highest BCUT2D eigenvalue weighted by Crippen LogP contribution is 2.22. The normalized spacial score (nSPS) is 20.4. The molecule has 1 atom stereocenters. The molecule has 1 saturated heterocycles. The van der Waals surface area contributed by atoms with Crippen LogP contribution in [0.5, 0.6) is 0 Å². The van der Waals surface area contributed by atoms with E-state index in [1.807, 2.05) is 6.92 Å². The van der Waals surface area contributed by atoms with Gasteiger partial charge >= 0.3 is 5.97 Å². The third kappa shape index (κ3) is 2.84. The average Bonchev–Trinajstić information content (AvgIpc) is 2.38. The Hall–Kier alpha value is -1.69. The highest BCUT2D eigenvalue weighted by Gasteiger charge is 2.27. The number of methoxy groups -OCH3 is 1. The van der Waals surface area contributed by atoms with Crippen molar-refractivity contribution in [3.63, 3.8) is 0 Å². The summed E-state index contributed by atoms with van der Waals surface area (Å²) in [6, 6.07) is 0.302. The molecule has 0 aliphatic carbocycles. The zero-order valence-electron chi connectivity index (χ0n) is 11.9. The molecule has 19 heavy (non-hydrogen) atoms. The topological polar surface area (TPSA) is 58.6 Å². The summed E-state index contributed by atoms with van der Waals surface area (Å²) >= 11 is 0. The largest absolute Gasteiger partial charge is 0.465 e. The van der Waals surface area contributed by atoms with Crippen molar-refractivity contribution in [1.29, 1.82) is 0 Å². The molecular formula is C13H20N4O2. The number of ether oxygens (including phenoxy) is 1. The number of hydrogen-bond acceptors (Lipinski definition) is 6. The van der Waals surface area contributed by atoms with Gasteiger partial charge in [-0.1, -0.05) is 0 Å². The predicted molar refractivity (Wildman–Crippen MR) is 72.4 cm³/mol. The summed E-state index contributed by atoms with van der Waals surface area (Å²) in [4.78, 5) is 24.8. The summed E-state index contributed by atoms with van der Waals surface area (Å²) in [7, 11) is 3.47. The lowest BCUT2D eigenvalue weighted by atomic mass is 10.1. The zero-order valence-corrected chi connectivity index (χ0v) is 11.9. The first kappa shape index (κ1) is 13.7. The first-order valence-corrected chi connectivity index (χ1v) is 6.40. The van der Waals surface area contributed by atoms with Crippen LogP contribution in [0.2, 0.25) is 0 Å². The number of rotatable bonds is 2. The number of aryl methyl sites for hydroxylation is 1. The molecule has 2 rings (SSSR count). The fourth-order valence-corrected chi connectivity index (χ4v) is 2.39. The summed E-state index contributed by atoms with van der Waals surface area (Å²) in [6.45, 7) is 6.70. The fraction of sp³-hybridized carbons (Fsp3) is 0.615. The van der Waals surface area contributed by atoms with Crippen LogP contribution in [0.3, 0.4) is 0 Å². The highest BCUT2D eigenvalue weighted by atomic mass is 16.5. The van der Waals surface area contributed by atoms with Gasteiger partial charge in [0.2, 0.25) is 0 Å². The Bertz CT molecular complexity index is 478. The Morgan fingerprint density at radius 3 is 2.84 bits per heavy atom. The maximum atomic E-state index is 11.8. The summed E-state index contributed by atoms with van der Waals surface area (Å²) in [5, 5.41) is 0. The molecule has 6 nitrogen and oxygen atoms in total. The van der Waals surface area contributed by atoms with Gasteiger partial charge in [-0.2, -0.15) is 0 Å². The molecular weight excluding hydrogens is 244 g/mol. The van der Waals surface area contributed by atoms with Crippen molar-refractivity contribution in [2.75, 3.05) is 38.7 Å². The lowest BCUT2D eigenvalue weighted by Gasteiger charge is -2.39. The van der Waals surface area contributed by atoms with Crippen molar-refractivity contribution in [1.82, 2.24) is 14.9 Å². The van der Waals surface area contributed by atoms with Crippen molar-refractivity contribution in [2.45, 2.75) is 19.9 Å². The quantitative estimate of drug-likeness (QED) is 0.733. The third-order valence-electron chi connectivity index (χ3n) is 3.40. The number of aromatic nitrogens is 2. The van der Waals surface area contributed by atoms with Crippen molar-refractivity contribution in [3.05, 3.63) is 17.6 Å². The van der Waals surface area contributed by atoms with Gasteiger partial charge < -0.3 is 14.5 Å². The number of piperazine rings is 1. The lowest BCUT2D eigenvalue weighted by molar-refractivity contribution is 0.0600. The van der Waals surface area contributed by atoms with Gasteiger partial charge in [0.25, 0.3) is 0 Å². The van der Waals surface area contributed by atoms with E-state index in [4.69, 9.17) is 4.74 Å². The van der Waals surface area contributed by atoms with Gasteiger partial charge in [-0.3, -0.25) is 0 Å². The number of carbonyl (C=O) groups excluding carboxylic acids is 1. The summed E-state index contributed by atoms with van der Waals surface area (Å²) in [6.07, 6.45) is 1.55. The van der Waals surface area contributed by atoms with Gasteiger partial charge in [-0.05, 0) is 20.9 Å². The lowest BCUT2D eigenvalue weighted by Crippen LogP contribution is -2.51. The minimum atomic E-state index is -0.388.